The third kappa shape index (κ3) is 15.0. The molecular weight excluding hydrogens is 494 g/mol. The lowest BCUT2D eigenvalue weighted by atomic mass is 10.3. The Morgan fingerprint density at radius 1 is 0.889 bits per heavy atom. The predicted molar refractivity (Wildman–Crippen MR) is 132 cm³/mol. The van der Waals surface area contributed by atoms with Crippen molar-refractivity contribution in [2.75, 3.05) is 65.0 Å². The lowest BCUT2D eigenvalue weighted by Gasteiger charge is -2.14. The van der Waals surface area contributed by atoms with Gasteiger partial charge in [-0.15, -0.1) is 11.8 Å². The van der Waals surface area contributed by atoms with E-state index in [0.29, 0.717) is 65.6 Å². The normalized spacial score (nSPS) is 15.4. The van der Waals surface area contributed by atoms with Crippen LogP contribution in [0.15, 0.2) is 0 Å². The molecule has 0 aromatic rings. The van der Waals surface area contributed by atoms with Crippen molar-refractivity contribution in [2.24, 2.45) is 0 Å². The highest BCUT2D eigenvalue weighted by Crippen LogP contribution is 2.24. The van der Waals surface area contributed by atoms with Gasteiger partial charge in [-0.2, -0.15) is 0 Å². The number of ether oxygens (including phenoxy) is 3. The molecule has 13 heteroatoms. The van der Waals surface area contributed by atoms with Crippen LogP contribution in [0.5, 0.6) is 0 Å². The standard InChI is InChI=1S/C23H39N3O9S/c1-2-36-18-17-21(29)26(23(18)32)10-7-20(28)25-9-4-12-34-14-16-35-15-13-33-11-3-8-24-19(27)5-6-22(30)31/h18H,2-17H2,1H3,(H,24,27)(H,25,28)(H,30,31). The largest absolute Gasteiger partial charge is 0.481 e. The highest BCUT2D eigenvalue weighted by molar-refractivity contribution is 8.00. The van der Waals surface area contributed by atoms with E-state index in [4.69, 9.17) is 19.3 Å². The van der Waals surface area contributed by atoms with Crippen LogP contribution in [0.3, 0.4) is 0 Å². The van der Waals surface area contributed by atoms with Crippen LogP contribution in [0.4, 0.5) is 0 Å². The summed E-state index contributed by atoms with van der Waals surface area (Å²) < 4.78 is 16.2. The van der Waals surface area contributed by atoms with Gasteiger partial charge in [-0.1, -0.05) is 6.92 Å². The second-order valence-corrected chi connectivity index (χ2v) is 9.40. The smallest absolute Gasteiger partial charge is 0.303 e. The molecule has 0 saturated carbocycles. The van der Waals surface area contributed by atoms with E-state index < -0.39 is 5.97 Å². The van der Waals surface area contributed by atoms with E-state index in [1.54, 1.807) is 0 Å². The molecule has 12 nitrogen and oxygen atoms in total. The first-order chi connectivity index (χ1) is 17.3. The number of rotatable bonds is 22. The molecule has 1 fully saturated rings. The van der Waals surface area contributed by atoms with E-state index in [9.17, 15) is 24.0 Å². The number of nitrogens with zero attached hydrogens (tertiary/aromatic N) is 1. The average molecular weight is 534 g/mol. The van der Waals surface area contributed by atoms with Crippen molar-refractivity contribution >= 4 is 41.4 Å². The average Bonchev–Trinajstić information content (AvgIpc) is 3.11. The maximum Gasteiger partial charge on any atom is 0.303 e. The second-order valence-electron chi connectivity index (χ2n) is 7.92. The Morgan fingerprint density at radius 3 is 1.94 bits per heavy atom. The van der Waals surface area contributed by atoms with Gasteiger partial charge in [0, 0.05) is 52.1 Å². The van der Waals surface area contributed by atoms with Crippen molar-refractivity contribution in [2.45, 2.75) is 50.7 Å². The van der Waals surface area contributed by atoms with Crippen LogP contribution in [-0.2, 0) is 38.2 Å². The number of likely N-dealkylation sites (tertiary alicyclic amines) is 1. The molecule has 1 aliphatic rings. The summed E-state index contributed by atoms with van der Waals surface area (Å²) in [6.07, 6.45) is 1.38. The fourth-order valence-corrected chi connectivity index (χ4v) is 4.11. The van der Waals surface area contributed by atoms with Crippen molar-refractivity contribution in [3.63, 3.8) is 0 Å². The molecule has 206 valence electrons. The fraction of sp³-hybridized carbons (Fsp3) is 0.783. The number of amides is 4. The number of carbonyl (C=O) groups is 5. The van der Waals surface area contributed by atoms with Crippen LogP contribution >= 0.6 is 11.8 Å². The zero-order chi connectivity index (χ0) is 26.6. The van der Waals surface area contributed by atoms with Crippen LogP contribution in [0.1, 0.15) is 45.4 Å². The van der Waals surface area contributed by atoms with E-state index in [2.05, 4.69) is 10.6 Å². The van der Waals surface area contributed by atoms with Gasteiger partial charge >= 0.3 is 5.97 Å². The molecule has 0 spiro atoms. The van der Waals surface area contributed by atoms with Gasteiger partial charge in [0.1, 0.15) is 0 Å². The minimum Gasteiger partial charge on any atom is -0.481 e. The van der Waals surface area contributed by atoms with Crippen molar-refractivity contribution < 1.29 is 43.3 Å². The minimum atomic E-state index is -0.994. The Morgan fingerprint density at radius 2 is 1.42 bits per heavy atom. The highest BCUT2D eigenvalue weighted by atomic mass is 32.2. The third-order valence-corrected chi connectivity index (χ3v) is 6.12. The first-order valence-electron chi connectivity index (χ1n) is 12.3. The molecule has 0 aromatic carbocycles. The van der Waals surface area contributed by atoms with Crippen molar-refractivity contribution in [1.29, 1.82) is 0 Å². The van der Waals surface area contributed by atoms with E-state index in [0.717, 1.165) is 5.75 Å². The first-order valence-corrected chi connectivity index (χ1v) is 13.3. The first kappa shape index (κ1) is 31.8. The Hall–Kier alpha value is -2.22. The number of carboxylic acids is 1. The number of imide groups is 1. The third-order valence-electron chi connectivity index (χ3n) is 5.02. The summed E-state index contributed by atoms with van der Waals surface area (Å²) in [4.78, 5) is 58.9. The maximum absolute atomic E-state index is 12.2. The van der Waals surface area contributed by atoms with Gasteiger partial charge in [0.25, 0.3) is 0 Å². The summed E-state index contributed by atoms with van der Waals surface area (Å²) in [5, 5.41) is 13.6. The SMILES string of the molecule is CCSC1CC(=O)N(CCC(=O)NCCCOCCOCCOCCCNC(=O)CCC(=O)O)C1=O. The Labute approximate surface area is 216 Å². The van der Waals surface area contributed by atoms with Gasteiger partial charge in [0.2, 0.25) is 23.6 Å². The number of carbonyl (C=O) groups excluding carboxylic acids is 4. The quantitative estimate of drug-likeness (QED) is 0.129. The van der Waals surface area contributed by atoms with E-state index in [1.165, 1.54) is 16.7 Å². The second kappa shape index (κ2) is 19.9. The van der Waals surface area contributed by atoms with Crippen LogP contribution in [0.25, 0.3) is 0 Å². The molecule has 1 rings (SSSR count). The summed E-state index contributed by atoms with van der Waals surface area (Å²) in [6, 6.07) is 0. The van der Waals surface area contributed by atoms with E-state index in [-0.39, 0.29) is 61.1 Å². The molecular formula is C23H39N3O9S. The van der Waals surface area contributed by atoms with Gasteiger partial charge in [0.15, 0.2) is 0 Å². The molecule has 1 aliphatic heterocycles. The van der Waals surface area contributed by atoms with Gasteiger partial charge in [-0.3, -0.25) is 28.9 Å². The topological polar surface area (TPSA) is 161 Å². The zero-order valence-electron chi connectivity index (χ0n) is 21.0. The molecule has 1 atom stereocenters. The van der Waals surface area contributed by atoms with Crippen molar-refractivity contribution in [3.8, 4) is 0 Å². The maximum atomic E-state index is 12.2. The van der Waals surface area contributed by atoms with Gasteiger partial charge in [0.05, 0.1) is 38.1 Å². The number of aliphatic carboxylic acids is 1. The van der Waals surface area contributed by atoms with Crippen LogP contribution < -0.4 is 10.6 Å². The zero-order valence-corrected chi connectivity index (χ0v) is 21.8. The monoisotopic (exact) mass is 533 g/mol. The molecule has 0 bridgehead atoms. The number of carboxylic acid groups (broad SMARTS) is 1. The molecule has 0 aromatic heterocycles. The molecule has 0 aliphatic carbocycles. The molecule has 1 heterocycles. The highest BCUT2D eigenvalue weighted by Gasteiger charge is 2.38. The predicted octanol–water partition coefficient (Wildman–Crippen LogP) is 0.184. The summed E-state index contributed by atoms with van der Waals surface area (Å²) in [5.74, 6) is -1.12. The minimum absolute atomic E-state index is 0.0229. The fourth-order valence-electron chi connectivity index (χ4n) is 3.18. The molecule has 4 amide bonds. The number of thioether (sulfide) groups is 1. The van der Waals surface area contributed by atoms with Gasteiger partial charge in [-0.25, -0.2) is 0 Å². The van der Waals surface area contributed by atoms with E-state index in [1.807, 2.05) is 6.92 Å². The molecule has 3 N–H and O–H groups in total. The number of hydrogen-bond acceptors (Lipinski definition) is 9. The van der Waals surface area contributed by atoms with Crippen LogP contribution in [0, 0.1) is 0 Å². The number of nitrogens with one attached hydrogen (secondary N) is 2. The Balaban J connectivity index is 1.85. The summed E-state index contributed by atoms with van der Waals surface area (Å²) >= 11 is 1.46. The summed E-state index contributed by atoms with van der Waals surface area (Å²) in [5.41, 5.74) is 0. The van der Waals surface area contributed by atoms with Crippen LogP contribution in [-0.4, -0.2) is 110 Å². The summed E-state index contributed by atoms with van der Waals surface area (Å²) in [7, 11) is 0. The van der Waals surface area contributed by atoms with Crippen molar-refractivity contribution in [1.82, 2.24) is 15.5 Å². The Kier molecular flexibility index (Phi) is 17.6. The summed E-state index contributed by atoms with van der Waals surface area (Å²) in [6.45, 7) is 5.57. The molecule has 0 radical (unpaired) electrons. The lowest BCUT2D eigenvalue weighted by molar-refractivity contribution is -0.139. The molecule has 1 saturated heterocycles. The Bertz CT molecular complexity index is 708. The molecule has 1 unspecified atom stereocenters. The van der Waals surface area contributed by atoms with Crippen molar-refractivity contribution in [3.05, 3.63) is 0 Å². The van der Waals surface area contributed by atoms with Crippen LogP contribution in [0.2, 0.25) is 0 Å². The molecule has 36 heavy (non-hydrogen) atoms. The van der Waals surface area contributed by atoms with Gasteiger partial charge in [-0.05, 0) is 18.6 Å². The van der Waals surface area contributed by atoms with E-state index >= 15 is 0 Å². The lowest BCUT2D eigenvalue weighted by Crippen LogP contribution is -2.35. The van der Waals surface area contributed by atoms with Gasteiger partial charge < -0.3 is 30.0 Å². The number of hydrogen-bond donors (Lipinski definition) is 3.